The summed E-state index contributed by atoms with van der Waals surface area (Å²) in [5.41, 5.74) is 2.66. The Kier molecular flexibility index (Phi) is 5.30. The first kappa shape index (κ1) is 17.0. The molecule has 3 rings (SSSR count). The Morgan fingerprint density at radius 3 is 2.92 bits per heavy atom. The molecule has 2 aromatic carbocycles. The van der Waals surface area contributed by atoms with E-state index in [4.69, 9.17) is 9.84 Å². The number of nitrogens with zero attached hydrogens (tertiary/aromatic N) is 1. The Morgan fingerprint density at radius 2 is 2.12 bits per heavy atom. The number of aromatic nitrogens is 2. The maximum atomic E-state index is 12.1. The predicted molar refractivity (Wildman–Crippen MR) is 95.3 cm³/mol. The van der Waals surface area contributed by atoms with Crippen LogP contribution in [-0.2, 0) is 17.8 Å². The number of para-hydroxylation sites is 2. The van der Waals surface area contributed by atoms with Crippen molar-refractivity contribution in [1.29, 1.82) is 0 Å². The zero-order chi connectivity index (χ0) is 17.6. The lowest BCUT2D eigenvalue weighted by Gasteiger charge is -2.15. The Morgan fingerprint density at radius 1 is 1.28 bits per heavy atom. The fourth-order valence-electron chi connectivity index (χ4n) is 2.55. The van der Waals surface area contributed by atoms with Gasteiger partial charge in [0.25, 0.3) is 5.91 Å². The highest BCUT2D eigenvalue weighted by molar-refractivity contribution is 5.80. The molecule has 0 bridgehead atoms. The number of hydrogen-bond acceptors (Lipinski definition) is 4. The van der Waals surface area contributed by atoms with E-state index in [-0.39, 0.29) is 12.5 Å². The van der Waals surface area contributed by atoms with Gasteiger partial charge in [0, 0.05) is 13.0 Å². The highest BCUT2D eigenvalue weighted by atomic mass is 16.5. The van der Waals surface area contributed by atoms with Gasteiger partial charge in [-0.2, -0.15) is 0 Å². The Labute approximate surface area is 145 Å². The smallest absolute Gasteiger partial charge is 0.260 e. The zero-order valence-electron chi connectivity index (χ0n) is 14.0. The van der Waals surface area contributed by atoms with Crippen molar-refractivity contribution in [3.05, 3.63) is 59.9 Å². The normalized spacial score (nSPS) is 12.1. The lowest BCUT2D eigenvalue weighted by molar-refractivity contribution is -0.127. The first-order chi connectivity index (χ1) is 12.2. The van der Waals surface area contributed by atoms with Crippen molar-refractivity contribution in [1.82, 2.24) is 15.3 Å². The molecule has 0 unspecified atom stereocenters. The van der Waals surface area contributed by atoms with E-state index in [0.29, 0.717) is 18.7 Å². The maximum absolute atomic E-state index is 12.1. The van der Waals surface area contributed by atoms with E-state index in [2.05, 4.69) is 15.3 Å². The van der Waals surface area contributed by atoms with E-state index in [1.54, 1.807) is 31.2 Å². The van der Waals surface area contributed by atoms with Gasteiger partial charge >= 0.3 is 0 Å². The summed E-state index contributed by atoms with van der Waals surface area (Å²) in [6, 6.07) is 14.9. The minimum Gasteiger partial charge on any atom is -0.481 e. The summed E-state index contributed by atoms with van der Waals surface area (Å²) in [7, 11) is 0. The lowest BCUT2D eigenvalue weighted by atomic mass is 10.2. The Balaban J connectivity index is 1.49. The summed E-state index contributed by atoms with van der Waals surface area (Å²) in [6.45, 7) is 2.11. The molecule has 1 atom stereocenters. The van der Waals surface area contributed by atoms with Crippen molar-refractivity contribution in [2.45, 2.75) is 26.1 Å². The first-order valence-corrected chi connectivity index (χ1v) is 8.23. The van der Waals surface area contributed by atoms with Crippen LogP contribution in [0.2, 0.25) is 0 Å². The van der Waals surface area contributed by atoms with Gasteiger partial charge in [-0.25, -0.2) is 4.98 Å². The number of H-pyrrole nitrogens is 1. The van der Waals surface area contributed by atoms with Gasteiger partial charge in [0.1, 0.15) is 11.6 Å². The molecule has 130 valence electrons. The molecule has 6 nitrogen and oxygen atoms in total. The maximum Gasteiger partial charge on any atom is 0.260 e. The van der Waals surface area contributed by atoms with Crippen LogP contribution in [0.3, 0.4) is 0 Å². The highest BCUT2D eigenvalue weighted by Crippen LogP contribution is 2.15. The third kappa shape index (κ3) is 4.36. The second-order valence-corrected chi connectivity index (χ2v) is 5.81. The van der Waals surface area contributed by atoms with Crippen LogP contribution in [0.5, 0.6) is 5.75 Å². The van der Waals surface area contributed by atoms with Crippen molar-refractivity contribution >= 4 is 16.9 Å². The number of amides is 1. The van der Waals surface area contributed by atoms with E-state index in [1.165, 1.54) is 0 Å². The molecule has 6 heteroatoms. The molecule has 0 aliphatic heterocycles. The second-order valence-electron chi connectivity index (χ2n) is 5.81. The second kappa shape index (κ2) is 7.81. The van der Waals surface area contributed by atoms with Gasteiger partial charge in [0.05, 0.1) is 17.6 Å². The monoisotopic (exact) mass is 339 g/mol. The standard InChI is InChI=1S/C19H21N3O3/c1-13(25-15-6-4-5-14(11-15)12-23)19(24)20-10-9-18-21-16-7-2-3-8-17(16)22-18/h2-8,11,13,23H,9-10,12H2,1H3,(H,20,24)(H,21,22)/t13-/m1/s1. The van der Waals surface area contributed by atoms with Gasteiger partial charge in [0.15, 0.2) is 6.10 Å². The minimum absolute atomic E-state index is 0.0602. The average Bonchev–Trinajstić information content (AvgIpc) is 3.04. The molecule has 3 aromatic rings. The summed E-state index contributed by atoms with van der Waals surface area (Å²) in [6.07, 6.45) is -0.00253. The quantitative estimate of drug-likeness (QED) is 0.616. The van der Waals surface area contributed by atoms with Crippen molar-refractivity contribution in [3.8, 4) is 5.75 Å². The molecule has 1 amide bonds. The molecule has 0 radical (unpaired) electrons. The first-order valence-electron chi connectivity index (χ1n) is 8.23. The number of aliphatic hydroxyl groups excluding tert-OH is 1. The summed E-state index contributed by atoms with van der Waals surface area (Å²) < 4.78 is 5.62. The van der Waals surface area contributed by atoms with Crippen molar-refractivity contribution < 1.29 is 14.6 Å². The number of benzene rings is 2. The van der Waals surface area contributed by atoms with Crippen LogP contribution >= 0.6 is 0 Å². The molecule has 0 saturated heterocycles. The number of carbonyl (C=O) groups is 1. The molecular formula is C19H21N3O3. The van der Waals surface area contributed by atoms with Crippen molar-refractivity contribution in [2.75, 3.05) is 6.54 Å². The number of nitrogens with one attached hydrogen (secondary N) is 2. The van der Waals surface area contributed by atoms with E-state index in [9.17, 15) is 4.79 Å². The molecule has 0 saturated carbocycles. The minimum atomic E-state index is -0.621. The molecule has 0 spiro atoms. The van der Waals surface area contributed by atoms with Gasteiger partial charge in [0.2, 0.25) is 0 Å². The summed E-state index contributed by atoms with van der Waals surface area (Å²) in [5, 5.41) is 12.0. The van der Waals surface area contributed by atoms with Gasteiger partial charge in [-0.3, -0.25) is 4.79 Å². The van der Waals surface area contributed by atoms with Gasteiger partial charge in [-0.15, -0.1) is 0 Å². The Bertz CT molecular complexity index is 827. The molecule has 25 heavy (non-hydrogen) atoms. The van der Waals surface area contributed by atoms with E-state index in [1.807, 2.05) is 24.3 Å². The summed E-state index contributed by atoms with van der Waals surface area (Å²) in [5.74, 6) is 1.21. The molecular weight excluding hydrogens is 318 g/mol. The van der Waals surface area contributed by atoms with Crippen molar-refractivity contribution in [3.63, 3.8) is 0 Å². The number of carbonyl (C=O) groups excluding carboxylic acids is 1. The fourth-order valence-corrected chi connectivity index (χ4v) is 2.55. The average molecular weight is 339 g/mol. The largest absolute Gasteiger partial charge is 0.481 e. The van der Waals surface area contributed by atoms with E-state index in [0.717, 1.165) is 22.4 Å². The topological polar surface area (TPSA) is 87.2 Å². The lowest BCUT2D eigenvalue weighted by Crippen LogP contribution is -2.37. The molecule has 0 aliphatic rings. The van der Waals surface area contributed by atoms with Crippen LogP contribution < -0.4 is 10.1 Å². The number of aromatic amines is 1. The molecule has 0 aliphatic carbocycles. The number of hydrogen-bond donors (Lipinski definition) is 3. The molecule has 0 fully saturated rings. The van der Waals surface area contributed by atoms with Crippen LogP contribution in [0, 0.1) is 0 Å². The van der Waals surface area contributed by atoms with Crippen molar-refractivity contribution in [2.24, 2.45) is 0 Å². The number of rotatable bonds is 7. The summed E-state index contributed by atoms with van der Waals surface area (Å²) in [4.78, 5) is 19.9. The fraction of sp³-hybridized carbons (Fsp3) is 0.263. The number of aliphatic hydroxyl groups is 1. The van der Waals surface area contributed by atoms with Crippen LogP contribution in [0.4, 0.5) is 0 Å². The predicted octanol–water partition coefficient (Wildman–Crippen LogP) is 2.18. The van der Waals surface area contributed by atoms with Gasteiger partial charge in [-0.05, 0) is 36.8 Å². The number of ether oxygens (including phenoxy) is 1. The summed E-state index contributed by atoms with van der Waals surface area (Å²) >= 11 is 0. The third-order valence-electron chi connectivity index (χ3n) is 3.86. The van der Waals surface area contributed by atoms with Crippen LogP contribution in [0.1, 0.15) is 18.3 Å². The SMILES string of the molecule is C[C@@H](Oc1cccc(CO)c1)C(=O)NCCc1nc2ccccc2[nH]1. The highest BCUT2D eigenvalue weighted by Gasteiger charge is 2.14. The van der Waals surface area contributed by atoms with E-state index >= 15 is 0 Å². The third-order valence-corrected chi connectivity index (χ3v) is 3.86. The van der Waals surface area contributed by atoms with E-state index < -0.39 is 6.10 Å². The molecule has 3 N–H and O–H groups in total. The van der Waals surface area contributed by atoms with Crippen LogP contribution in [0.25, 0.3) is 11.0 Å². The van der Waals surface area contributed by atoms with Gasteiger partial charge in [-0.1, -0.05) is 24.3 Å². The Hall–Kier alpha value is -2.86. The number of imidazole rings is 1. The van der Waals surface area contributed by atoms with Gasteiger partial charge < -0.3 is 20.1 Å². The molecule has 1 heterocycles. The zero-order valence-corrected chi connectivity index (χ0v) is 14.0. The number of fused-ring (bicyclic) bond motifs is 1. The molecule has 1 aromatic heterocycles. The van der Waals surface area contributed by atoms with Crippen LogP contribution in [-0.4, -0.2) is 33.6 Å². The van der Waals surface area contributed by atoms with Crippen LogP contribution in [0.15, 0.2) is 48.5 Å².